The number of benzene rings is 2. The van der Waals surface area contributed by atoms with Gasteiger partial charge in [-0.15, -0.1) is 0 Å². The van der Waals surface area contributed by atoms with E-state index in [2.05, 4.69) is 5.32 Å². The number of aryl methyl sites for hydroxylation is 1. The van der Waals surface area contributed by atoms with Crippen LogP contribution in [0.2, 0.25) is 0 Å². The standard InChI is InChI=1S/C16H15N3O2/c1-10-2-5-12(8-14(10)18)15(16(20)21)19-13-6-3-11(9-17)4-7-13/h2-8,15,19H,18H2,1H3,(H,20,21)/p-1. The Bertz CT molecular complexity index is 702. The molecule has 0 aliphatic heterocycles. The minimum Gasteiger partial charge on any atom is -0.548 e. The third-order valence-corrected chi connectivity index (χ3v) is 3.20. The molecule has 1 unspecified atom stereocenters. The van der Waals surface area contributed by atoms with Crippen molar-refractivity contribution >= 4 is 17.3 Å². The SMILES string of the molecule is Cc1ccc(C(Nc2ccc(C#N)cc2)C(=O)[O-])cc1N. The Hall–Kier alpha value is -3.00. The highest BCUT2D eigenvalue weighted by atomic mass is 16.4. The van der Waals surface area contributed by atoms with Crippen molar-refractivity contribution < 1.29 is 9.90 Å². The predicted molar refractivity (Wildman–Crippen MR) is 78.1 cm³/mol. The molecule has 0 amide bonds. The topological polar surface area (TPSA) is 102 Å². The summed E-state index contributed by atoms with van der Waals surface area (Å²) in [6, 6.07) is 12.6. The smallest absolute Gasteiger partial charge is 0.0991 e. The Morgan fingerprint density at radius 3 is 2.48 bits per heavy atom. The van der Waals surface area contributed by atoms with Crippen LogP contribution in [0.5, 0.6) is 0 Å². The Balaban J connectivity index is 2.28. The van der Waals surface area contributed by atoms with Gasteiger partial charge in [0.2, 0.25) is 0 Å². The normalized spacial score (nSPS) is 11.4. The number of nitrogens with zero attached hydrogens (tertiary/aromatic N) is 1. The first-order valence-corrected chi connectivity index (χ1v) is 6.35. The van der Waals surface area contributed by atoms with E-state index in [1.54, 1.807) is 42.5 Å². The highest BCUT2D eigenvalue weighted by Gasteiger charge is 2.13. The van der Waals surface area contributed by atoms with Crippen LogP contribution >= 0.6 is 0 Å². The first kappa shape index (κ1) is 14.4. The molecule has 2 rings (SSSR count). The Morgan fingerprint density at radius 2 is 1.95 bits per heavy atom. The van der Waals surface area contributed by atoms with Crippen molar-refractivity contribution in [3.63, 3.8) is 0 Å². The van der Waals surface area contributed by atoms with Crippen molar-refractivity contribution in [3.8, 4) is 6.07 Å². The third-order valence-electron chi connectivity index (χ3n) is 3.20. The van der Waals surface area contributed by atoms with Crippen LogP contribution in [0.1, 0.15) is 22.7 Å². The van der Waals surface area contributed by atoms with Gasteiger partial charge in [0.05, 0.1) is 23.6 Å². The van der Waals surface area contributed by atoms with Crippen LogP contribution in [0.3, 0.4) is 0 Å². The van der Waals surface area contributed by atoms with Gasteiger partial charge in [0, 0.05) is 11.4 Å². The second-order valence-electron chi connectivity index (χ2n) is 4.70. The summed E-state index contributed by atoms with van der Waals surface area (Å²) in [6.07, 6.45) is 0. The lowest BCUT2D eigenvalue weighted by molar-refractivity contribution is -0.307. The van der Waals surface area contributed by atoms with Gasteiger partial charge in [0.15, 0.2) is 0 Å². The van der Waals surface area contributed by atoms with Gasteiger partial charge in [-0.25, -0.2) is 0 Å². The summed E-state index contributed by atoms with van der Waals surface area (Å²) in [5.74, 6) is -1.25. The number of rotatable bonds is 4. The van der Waals surface area contributed by atoms with E-state index in [1.165, 1.54) is 0 Å². The number of nitriles is 1. The highest BCUT2D eigenvalue weighted by molar-refractivity contribution is 5.78. The van der Waals surface area contributed by atoms with Gasteiger partial charge in [-0.1, -0.05) is 12.1 Å². The van der Waals surface area contributed by atoms with Gasteiger partial charge in [-0.05, 0) is 48.4 Å². The number of hydrogen-bond acceptors (Lipinski definition) is 5. The molecule has 21 heavy (non-hydrogen) atoms. The summed E-state index contributed by atoms with van der Waals surface area (Å²) in [4.78, 5) is 11.4. The Morgan fingerprint density at radius 1 is 1.29 bits per heavy atom. The molecule has 106 valence electrons. The summed E-state index contributed by atoms with van der Waals surface area (Å²) >= 11 is 0. The van der Waals surface area contributed by atoms with Crippen molar-refractivity contribution in [2.45, 2.75) is 13.0 Å². The van der Waals surface area contributed by atoms with E-state index >= 15 is 0 Å². The van der Waals surface area contributed by atoms with E-state index in [1.807, 2.05) is 13.0 Å². The number of carboxylic acid groups (broad SMARTS) is 1. The van der Waals surface area contributed by atoms with Gasteiger partial charge in [0.25, 0.3) is 0 Å². The lowest BCUT2D eigenvalue weighted by Gasteiger charge is -2.22. The molecular weight excluding hydrogens is 266 g/mol. The minimum atomic E-state index is -1.25. The predicted octanol–water partition coefficient (Wildman–Crippen LogP) is 1.35. The van der Waals surface area contributed by atoms with Gasteiger partial charge >= 0.3 is 0 Å². The first-order chi connectivity index (χ1) is 10.0. The summed E-state index contributed by atoms with van der Waals surface area (Å²) in [5.41, 5.74) is 8.83. The Kier molecular flexibility index (Phi) is 4.10. The fourth-order valence-electron chi connectivity index (χ4n) is 1.92. The molecule has 3 N–H and O–H groups in total. The molecular formula is C16H14N3O2-. The molecule has 0 saturated heterocycles. The van der Waals surface area contributed by atoms with E-state index in [-0.39, 0.29) is 0 Å². The summed E-state index contributed by atoms with van der Waals surface area (Å²) in [7, 11) is 0. The molecule has 0 aromatic heterocycles. The van der Waals surface area contributed by atoms with Crippen LogP contribution < -0.4 is 16.2 Å². The number of carbonyl (C=O) groups excluding carboxylic acids is 1. The fourth-order valence-corrected chi connectivity index (χ4v) is 1.92. The number of hydrogen-bond donors (Lipinski definition) is 2. The number of nitrogen functional groups attached to an aromatic ring is 1. The number of nitrogens with two attached hydrogens (primary N) is 1. The van der Waals surface area contributed by atoms with Gasteiger partial charge in [0.1, 0.15) is 0 Å². The van der Waals surface area contributed by atoms with E-state index in [0.717, 1.165) is 5.56 Å². The molecule has 0 aliphatic rings. The van der Waals surface area contributed by atoms with Crippen LogP contribution in [0, 0.1) is 18.3 Å². The summed E-state index contributed by atoms with van der Waals surface area (Å²) < 4.78 is 0. The number of aliphatic carboxylic acids is 1. The van der Waals surface area contributed by atoms with E-state index in [9.17, 15) is 9.90 Å². The van der Waals surface area contributed by atoms with Crippen molar-refractivity contribution in [2.75, 3.05) is 11.1 Å². The number of anilines is 2. The maximum absolute atomic E-state index is 11.4. The quantitative estimate of drug-likeness (QED) is 0.823. The molecule has 0 bridgehead atoms. The lowest BCUT2D eigenvalue weighted by Crippen LogP contribution is -2.34. The van der Waals surface area contributed by atoms with E-state index in [0.29, 0.717) is 22.5 Å². The molecule has 0 radical (unpaired) electrons. The van der Waals surface area contributed by atoms with E-state index in [4.69, 9.17) is 11.0 Å². The molecule has 5 nitrogen and oxygen atoms in total. The number of carboxylic acids is 1. The molecule has 0 spiro atoms. The number of carbonyl (C=O) groups is 1. The first-order valence-electron chi connectivity index (χ1n) is 6.35. The largest absolute Gasteiger partial charge is 0.548 e. The average molecular weight is 280 g/mol. The second kappa shape index (κ2) is 5.97. The zero-order chi connectivity index (χ0) is 15.4. The summed E-state index contributed by atoms with van der Waals surface area (Å²) in [5, 5.41) is 23.0. The van der Waals surface area contributed by atoms with Crippen LogP contribution in [0.4, 0.5) is 11.4 Å². The molecule has 0 fully saturated rings. The maximum atomic E-state index is 11.4. The molecule has 0 heterocycles. The van der Waals surface area contributed by atoms with Crippen molar-refractivity contribution in [1.29, 1.82) is 5.26 Å². The van der Waals surface area contributed by atoms with Gasteiger partial charge < -0.3 is 21.0 Å². The van der Waals surface area contributed by atoms with Crippen LogP contribution in [-0.2, 0) is 4.79 Å². The molecule has 2 aromatic rings. The molecule has 5 heteroatoms. The molecule has 2 aromatic carbocycles. The van der Waals surface area contributed by atoms with Crippen LogP contribution in [0.25, 0.3) is 0 Å². The number of nitrogens with one attached hydrogen (secondary N) is 1. The third kappa shape index (κ3) is 3.31. The van der Waals surface area contributed by atoms with Crippen molar-refractivity contribution in [1.82, 2.24) is 0 Å². The van der Waals surface area contributed by atoms with Gasteiger partial charge in [-0.3, -0.25) is 0 Å². The van der Waals surface area contributed by atoms with Crippen molar-refractivity contribution in [3.05, 3.63) is 59.2 Å². The van der Waals surface area contributed by atoms with Crippen molar-refractivity contribution in [2.24, 2.45) is 0 Å². The monoisotopic (exact) mass is 280 g/mol. The highest BCUT2D eigenvalue weighted by Crippen LogP contribution is 2.23. The Labute approximate surface area is 122 Å². The van der Waals surface area contributed by atoms with E-state index < -0.39 is 12.0 Å². The molecule has 1 atom stereocenters. The minimum absolute atomic E-state index is 0.505. The zero-order valence-electron chi connectivity index (χ0n) is 11.5. The second-order valence-corrected chi connectivity index (χ2v) is 4.70. The molecule has 0 saturated carbocycles. The lowest BCUT2D eigenvalue weighted by atomic mass is 10.0. The average Bonchev–Trinajstić information content (AvgIpc) is 2.48. The maximum Gasteiger partial charge on any atom is 0.0991 e. The summed E-state index contributed by atoms with van der Waals surface area (Å²) in [6.45, 7) is 1.85. The van der Waals surface area contributed by atoms with Crippen LogP contribution in [0.15, 0.2) is 42.5 Å². The fraction of sp³-hybridized carbons (Fsp3) is 0.125. The van der Waals surface area contributed by atoms with Gasteiger partial charge in [-0.2, -0.15) is 5.26 Å². The molecule has 0 aliphatic carbocycles. The zero-order valence-corrected chi connectivity index (χ0v) is 11.5. The van der Waals surface area contributed by atoms with Crippen LogP contribution in [-0.4, -0.2) is 5.97 Å².